The first-order valence-corrected chi connectivity index (χ1v) is 44.0. The van der Waals surface area contributed by atoms with E-state index in [1.165, 1.54) is 30.3 Å². The van der Waals surface area contributed by atoms with Gasteiger partial charge in [-0.25, -0.2) is 9.97 Å². The average molecular weight is 1660 g/mol. The fourth-order valence-electron chi connectivity index (χ4n) is 21.4. The second-order valence-corrected chi connectivity index (χ2v) is 36.9. The largest absolute Gasteiger partial charge is 0.496 e. The number of ether oxygens (including phenoxy) is 4. The van der Waals surface area contributed by atoms with Crippen LogP contribution in [0.1, 0.15) is 141 Å². The van der Waals surface area contributed by atoms with Crippen LogP contribution in [0.5, 0.6) is 23.0 Å². The van der Waals surface area contributed by atoms with Gasteiger partial charge in [-0.05, 0) is 237 Å². The molecule has 0 bridgehead atoms. The van der Waals surface area contributed by atoms with Crippen molar-refractivity contribution in [3.8, 4) is 45.3 Å². The Kier molecular flexibility index (Phi) is 20.1. The zero-order valence-corrected chi connectivity index (χ0v) is 70.8. The summed E-state index contributed by atoms with van der Waals surface area (Å²) in [6.07, 6.45) is 20.5. The van der Waals surface area contributed by atoms with Crippen molar-refractivity contribution < 1.29 is 46.4 Å². The molecule has 12 aliphatic rings. The highest BCUT2D eigenvalue weighted by atomic mass is 16.5. The first kappa shape index (κ1) is 73.9. The Morgan fingerprint density at radius 3 is 1.19 bits per heavy atom. The first-order valence-electron chi connectivity index (χ1n) is 47.0. The molecule has 0 radical (unpaired) electrons. The number of rotatable bonds is 20. The number of pyridine rings is 4. The van der Waals surface area contributed by atoms with Gasteiger partial charge in [0.25, 0.3) is 22.9 Å². The Bertz CT molecular complexity index is 5780. The number of hydrogen-bond acceptors (Lipinski definition) is 20. The Labute approximate surface area is 722 Å². The summed E-state index contributed by atoms with van der Waals surface area (Å²) in [5, 5.41) is 8.13. The fourth-order valence-corrected chi connectivity index (χ4v) is 21.4. The molecule has 2 spiro atoms. The number of nitrogens with zero attached hydrogens (tertiary/aromatic N) is 14. The van der Waals surface area contributed by atoms with Crippen LogP contribution in [0.3, 0.4) is 0 Å². The zero-order valence-electron chi connectivity index (χ0n) is 76.8. The van der Waals surface area contributed by atoms with Crippen LogP contribution in [0.4, 0.5) is 23.0 Å². The lowest BCUT2D eigenvalue weighted by Gasteiger charge is -2.55. The lowest BCUT2D eigenvalue weighted by Crippen LogP contribution is -2.60. The summed E-state index contributed by atoms with van der Waals surface area (Å²) in [7, 11) is 1.21. The molecule has 0 saturated carbocycles. The van der Waals surface area contributed by atoms with E-state index >= 15 is 0 Å². The fraction of sp³-hybridized carbons (Fsp3) is 0.500. The van der Waals surface area contributed by atoms with E-state index < -0.39 is 26.2 Å². The Morgan fingerprint density at radius 2 is 0.836 bits per heavy atom. The normalized spacial score (nSPS) is 23.0. The minimum atomic E-state index is -2.83. The summed E-state index contributed by atoms with van der Waals surface area (Å²) in [4.78, 5) is 111. The molecule has 2 unspecified atom stereocenters. The quantitative estimate of drug-likeness (QED) is 0.0722. The Morgan fingerprint density at radius 1 is 0.451 bits per heavy atom. The Hall–Kier alpha value is -10.8. The number of fused-ring (bicyclic) bond motifs is 4. The molecule has 4 aromatic carbocycles. The molecule has 26 heteroatoms. The second-order valence-electron chi connectivity index (χ2n) is 36.9. The third-order valence-electron chi connectivity index (χ3n) is 29.2. The molecular weight excluding hydrogens is 1540 g/mol. The van der Waals surface area contributed by atoms with Crippen LogP contribution >= 0.6 is 0 Å². The highest BCUT2D eigenvalue weighted by Crippen LogP contribution is 2.48. The maximum absolute atomic E-state index is 13.5. The molecule has 8 aromatic rings. The predicted octanol–water partition coefficient (Wildman–Crippen LogP) is 10.8. The van der Waals surface area contributed by atoms with Crippen LogP contribution in [0.2, 0.25) is 0 Å². The third-order valence-corrected chi connectivity index (χ3v) is 29.2. The van der Waals surface area contributed by atoms with Crippen LogP contribution in [0.25, 0.3) is 43.8 Å². The molecule has 20 rings (SSSR count). The summed E-state index contributed by atoms with van der Waals surface area (Å²) in [6, 6.07) is 22.9. The summed E-state index contributed by atoms with van der Waals surface area (Å²) >= 11 is 0. The van der Waals surface area contributed by atoms with Gasteiger partial charge in [0.15, 0.2) is 0 Å². The highest BCUT2D eigenvalue weighted by Gasteiger charge is 2.49. The molecule has 122 heavy (non-hydrogen) atoms. The summed E-state index contributed by atoms with van der Waals surface area (Å²) in [5.74, 6) is 4.01. The van der Waals surface area contributed by atoms with E-state index in [4.69, 9.17) is 27.2 Å². The van der Waals surface area contributed by atoms with Gasteiger partial charge >= 0.3 is 0 Å². The molecule has 16 heterocycles. The number of hydrogen-bond donors (Lipinski definition) is 2. The number of methoxy groups -OCH3 is 4. The first-order chi connectivity index (χ1) is 61.5. The number of anilines is 4. The van der Waals surface area contributed by atoms with Crippen molar-refractivity contribution in [1.29, 1.82) is 0 Å². The van der Waals surface area contributed by atoms with Crippen molar-refractivity contribution in [2.24, 2.45) is 36.8 Å². The van der Waals surface area contributed by atoms with Gasteiger partial charge in [-0.1, -0.05) is 25.3 Å². The standard InChI is InChI=1S/2C48H58N8O5/c2*1-31-6-9-41(45(57)50-31)56-26-33-7-8-35(22-36(33)47(56)59)55-29-48(30-55)12-18-53(19-13-48)25-32-10-16-52(17-11-32)28-40-42(60-3)20-34(21-43(40)61-4)39-27-51(2)46(58)38-24-49-44(23-37(38)39)54-14-5-15-54/h2*7-8,20-24,27,32,41H,1,5-6,9-19,25-26,28-30H2,2-4H3,(H,50,57)/i3D3,4D3;. The van der Waals surface area contributed by atoms with Gasteiger partial charge in [0.2, 0.25) is 11.8 Å². The van der Waals surface area contributed by atoms with Crippen molar-refractivity contribution in [2.45, 2.75) is 128 Å². The van der Waals surface area contributed by atoms with E-state index in [0.29, 0.717) is 100 Å². The maximum Gasteiger partial charge on any atom is 0.259 e. The number of likely N-dealkylation sites (tertiary alicyclic amines) is 4. The summed E-state index contributed by atoms with van der Waals surface area (Å²) < 4.78 is 75.0. The number of nitrogens with one attached hydrogen (secondary N) is 2. The number of carbonyl (C=O) groups is 4. The molecular formula is C96H116N16O10. The molecule has 12 aliphatic heterocycles. The van der Waals surface area contributed by atoms with Gasteiger partial charge in [-0.15, -0.1) is 0 Å². The van der Waals surface area contributed by atoms with Crippen LogP contribution in [-0.2, 0) is 49.9 Å². The number of benzene rings is 4. The number of aromatic nitrogens is 4. The second kappa shape index (κ2) is 33.1. The van der Waals surface area contributed by atoms with Gasteiger partial charge < -0.3 is 77.9 Å². The number of aryl methyl sites for hydroxylation is 2. The lowest BCUT2D eigenvalue weighted by molar-refractivity contribution is -0.127. The van der Waals surface area contributed by atoms with Crippen LogP contribution in [0, 0.1) is 22.7 Å². The van der Waals surface area contributed by atoms with Crippen molar-refractivity contribution in [3.05, 3.63) is 176 Å². The van der Waals surface area contributed by atoms with E-state index in [2.05, 4.69) is 115 Å². The van der Waals surface area contributed by atoms with Crippen molar-refractivity contribution in [3.63, 3.8) is 0 Å². The van der Waals surface area contributed by atoms with Crippen molar-refractivity contribution in [2.75, 3.05) is 166 Å². The Balaban J connectivity index is 0.000000167. The SMILES string of the molecule is C=C1CCC(N2Cc3ccc(N4CC5(CCN(CC6CCN(Cc7c(OC)cc(-c8cn(C)c(=O)c9cnc(N%10CCC%10)cc89)cc7OC)CC6)CC5)C4)cc3C2=O)C(=O)N1.[2H]C([2H])([2H])Oc1cc(-c2cn(C)c(=O)c3cnc(N4CCC4)cc23)cc(OC([2H])([2H])[2H])c1CN1CCC(CN2CCC3(CC2)CN(c2ccc4c(c2)C(=O)N(C2CCC(=C)NC2=O)C4)C3)CC1. The molecule has 640 valence electrons. The summed E-state index contributed by atoms with van der Waals surface area (Å²) in [5.41, 5.74) is 11.7. The maximum atomic E-state index is 13.5. The minimum Gasteiger partial charge on any atom is -0.496 e. The highest BCUT2D eigenvalue weighted by molar-refractivity contribution is 6.04. The molecule has 0 aliphatic carbocycles. The van der Waals surface area contributed by atoms with E-state index in [1.54, 1.807) is 73.4 Å². The number of allylic oxidation sites excluding steroid dienone is 2. The van der Waals surface area contributed by atoms with Crippen LogP contribution in [-0.4, -0.2) is 230 Å². The van der Waals surface area contributed by atoms with E-state index in [1.807, 2.05) is 24.4 Å². The van der Waals surface area contributed by atoms with Crippen molar-refractivity contribution >= 4 is 68.2 Å². The van der Waals surface area contributed by atoms with Crippen LogP contribution < -0.4 is 60.3 Å². The van der Waals surface area contributed by atoms with E-state index in [9.17, 15) is 28.8 Å². The van der Waals surface area contributed by atoms with Gasteiger partial charge in [-0.2, -0.15) is 0 Å². The smallest absolute Gasteiger partial charge is 0.259 e. The molecule has 2 atom stereocenters. The van der Waals surface area contributed by atoms with Crippen molar-refractivity contribution in [1.82, 2.24) is 59.1 Å². The predicted molar refractivity (Wildman–Crippen MR) is 475 cm³/mol. The molecule has 4 amide bonds. The van der Waals surface area contributed by atoms with Gasteiger partial charge in [0.05, 0.1) is 58.4 Å². The molecule has 26 nitrogen and oxygen atoms in total. The van der Waals surface area contributed by atoms with Gasteiger partial charge in [0.1, 0.15) is 46.7 Å². The number of piperidine rings is 6. The number of carbonyl (C=O) groups excluding carboxylic acids is 4. The third kappa shape index (κ3) is 15.5. The minimum absolute atomic E-state index is 0.00305. The van der Waals surface area contributed by atoms with E-state index in [0.717, 1.165) is 242 Å². The monoisotopic (exact) mass is 1660 g/mol. The van der Waals surface area contributed by atoms with Gasteiger partial charge in [-0.3, -0.25) is 38.6 Å². The van der Waals surface area contributed by atoms with Crippen LogP contribution in [0.15, 0.2) is 132 Å². The zero-order chi connectivity index (χ0) is 89.0. The molecule has 10 fully saturated rings. The molecule has 2 N–H and O–H groups in total. The van der Waals surface area contributed by atoms with E-state index in [-0.39, 0.29) is 58.2 Å². The number of amides is 4. The summed E-state index contributed by atoms with van der Waals surface area (Å²) in [6.45, 7) is 27.4. The average Bonchev–Trinajstić information content (AvgIpc) is 1.34. The molecule has 10 saturated heterocycles. The topological polar surface area (TPSA) is 231 Å². The van der Waals surface area contributed by atoms with Gasteiger partial charge in [0, 0.05) is 197 Å². The molecule has 4 aromatic heterocycles. The lowest BCUT2D eigenvalue weighted by atomic mass is 9.71.